The van der Waals surface area contributed by atoms with Gasteiger partial charge < -0.3 is 15.3 Å². The summed E-state index contributed by atoms with van der Waals surface area (Å²) in [4.78, 5) is 44.8. The Balaban J connectivity index is 1.23. The molecule has 0 bridgehead atoms. The SMILES string of the molecule is CCN(CC)c1ccc(C2=C(O)/C(=C3/C(=O)N(C(C4CCCCC4)C4CCCCC4)N=C3CCC3CCCC3)C2=O)c(NC(=O)CCC2CCCC2)c1. The zero-order chi connectivity index (χ0) is 36.9. The van der Waals surface area contributed by atoms with Gasteiger partial charge in [0.2, 0.25) is 11.7 Å². The molecule has 0 aromatic heterocycles. The van der Waals surface area contributed by atoms with E-state index in [1.807, 2.05) is 23.2 Å². The largest absolute Gasteiger partial charge is 0.506 e. The molecule has 7 rings (SSSR count). The minimum Gasteiger partial charge on any atom is -0.506 e. The van der Waals surface area contributed by atoms with Crippen molar-refractivity contribution in [2.75, 3.05) is 23.3 Å². The van der Waals surface area contributed by atoms with Gasteiger partial charge in [0.15, 0.2) is 0 Å². The number of aliphatic hydroxyl groups is 1. The summed E-state index contributed by atoms with van der Waals surface area (Å²) in [6.45, 7) is 5.80. The first-order valence-corrected chi connectivity index (χ1v) is 21.7. The highest BCUT2D eigenvalue weighted by Crippen LogP contribution is 2.46. The fraction of sp³-hybridized carbons (Fsp3) is 0.689. The zero-order valence-electron chi connectivity index (χ0n) is 32.6. The van der Waals surface area contributed by atoms with Gasteiger partial charge in [-0.25, -0.2) is 5.01 Å². The van der Waals surface area contributed by atoms with Gasteiger partial charge in [0.1, 0.15) is 5.76 Å². The molecule has 2 amide bonds. The van der Waals surface area contributed by atoms with Crippen molar-refractivity contribution in [1.82, 2.24) is 5.01 Å². The Hall–Kier alpha value is -3.42. The number of hydrogen-bond donors (Lipinski definition) is 2. The van der Waals surface area contributed by atoms with Gasteiger partial charge in [0, 0.05) is 30.8 Å². The van der Waals surface area contributed by atoms with E-state index in [1.54, 1.807) is 0 Å². The number of nitrogens with zero attached hydrogens (tertiary/aromatic N) is 3. The van der Waals surface area contributed by atoms with Gasteiger partial charge in [-0.2, -0.15) is 5.10 Å². The average Bonchev–Trinajstić information content (AvgIpc) is 3.97. The maximum absolute atomic E-state index is 14.8. The summed E-state index contributed by atoms with van der Waals surface area (Å²) in [5.41, 5.74) is 3.31. The second-order valence-electron chi connectivity index (χ2n) is 17.1. The van der Waals surface area contributed by atoms with Crippen LogP contribution in [0.25, 0.3) is 5.57 Å². The summed E-state index contributed by atoms with van der Waals surface area (Å²) in [5, 5.41) is 22.1. The Kier molecular flexibility index (Phi) is 12.4. The van der Waals surface area contributed by atoms with Crippen molar-refractivity contribution in [3.8, 4) is 0 Å². The van der Waals surface area contributed by atoms with Crippen LogP contribution in [0.1, 0.15) is 161 Å². The smallest absolute Gasteiger partial charge is 0.277 e. The average molecular weight is 725 g/mol. The second-order valence-corrected chi connectivity index (χ2v) is 17.1. The topological polar surface area (TPSA) is 102 Å². The van der Waals surface area contributed by atoms with Crippen molar-refractivity contribution in [1.29, 1.82) is 0 Å². The molecule has 288 valence electrons. The van der Waals surface area contributed by atoms with Gasteiger partial charge in [0.05, 0.1) is 34.2 Å². The zero-order valence-corrected chi connectivity index (χ0v) is 32.6. The number of ketones is 1. The number of aliphatic hydroxyl groups excluding tert-OH is 1. The number of rotatable bonds is 14. The molecule has 6 aliphatic rings. The van der Waals surface area contributed by atoms with Crippen LogP contribution in [0.15, 0.2) is 40.2 Å². The molecule has 1 aliphatic heterocycles. The number of allylic oxidation sites excluding steroid dienone is 2. The standard InChI is InChI=1S/C45H64N4O4/c1-3-48(4-2)34-25-26-35(37(29-34)46-38(50)28-24-31-17-13-14-18-31)39-43(51)41(44(39)52)40-36(27-23-30-15-11-12-16-30)47-49(45(40)53)42(32-19-7-5-8-20-32)33-21-9-6-10-22-33/h25-26,29-33,42,51H,3-24,27-28H2,1-2H3,(H,46,50)/b41-40-. The number of nitrogens with one attached hydrogen (secondary N) is 1. The molecule has 53 heavy (non-hydrogen) atoms. The molecular formula is C45H64N4O4. The van der Waals surface area contributed by atoms with Crippen molar-refractivity contribution < 1.29 is 19.5 Å². The Morgan fingerprint density at radius 2 is 1.36 bits per heavy atom. The fourth-order valence-electron chi connectivity index (χ4n) is 10.8. The predicted molar refractivity (Wildman–Crippen MR) is 214 cm³/mol. The van der Waals surface area contributed by atoms with Crippen LogP contribution in [0.3, 0.4) is 0 Å². The first-order chi connectivity index (χ1) is 25.9. The van der Waals surface area contributed by atoms with E-state index in [9.17, 15) is 19.5 Å². The molecule has 1 aromatic rings. The summed E-state index contributed by atoms with van der Waals surface area (Å²) in [6.07, 6.45) is 24.4. The number of hydrogen-bond acceptors (Lipinski definition) is 6. The Morgan fingerprint density at radius 1 is 0.792 bits per heavy atom. The number of amides is 2. The van der Waals surface area contributed by atoms with Crippen LogP contribution in [0.4, 0.5) is 11.4 Å². The van der Waals surface area contributed by atoms with Crippen molar-refractivity contribution in [2.45, 2.75) is 161 Å². The minimum atomic E-state index is -0.329. The molecule has 8 nitrogen and oxygen atoms in total. The van der Waals surface area contributed by atoms with Crippen LogP contribution >= 0.6 is 0 Å². The third kappa shape index (κ3) is 8.17. The van der Waals surface area contributed by atoms with Crippen LogP contribution in [0, 0.1) is 23.7 Å². The molecule has 4 fully saturated rings. The monoisotopic (exact) mass is 724 g/mol. The van der Waals surface area contributed by atoms with Crippen molar-refractivity contribution in [3.05, 3.63) is 40.7 Å². The lowest BCUT2D eigenvalue weighted by Gasteiger charge is -2.41. The Bertz CT molecular complexity index is 1580. The summed E-state index contributed by atoms with van der Waals surface area (Å²) in [5.74, 6) is 1.31. The molecule has 4 saturated carbocycles. The lowest BCUT2D eigenvalue weighted by Crippen LogP contribution is -2.46. The van der Waals surface area contributed by atoms with Gasteiger partial charge in [-0.3, -0.25) is 14.4 Å². The van der Waals surface area contributed by atoms with Crippen molar-refractivity contribution >= 4 is 40.3 Å². The van der Waals surface area contributed by atoms with E-state index in [1.165, 1.54) is 89.9 Å². The lowest BCUT2D eigenvalue weighted by molar-refractivity contribution is -0.131. The molecular weight excluding hydrogens is 661 g/mol. The van der Waals surface area contributed by atoms with E-state index in [0.29, 0.717) is 59.0 Å². The normalized spacial score (nSPS) is 23.8. The van der Waals surface area contributed by atoms with Crippen LogP contribution in [-0.4, -0.2) is 52.6 Å². The number of hydrazone groups is 1. The minimum absolute atomic E-state index is 0.0436. The highest BCUT2D eigenvalue weighted by molar-refractivity contribution is 6.44. The molecule has 0 radical (unpaired) electrons. The van der Waals surface area contributed by atoms with E-state index in [-0.39, 0.29) is 40.5 Å². The predicted octanol–water partition coefficient (Wildman–Crippen LogP) is 10.3. The van der Waals surface area contributed by atoms with Gasteiger partial charge in [-0.15, -0.1) is 0 Å². The van der Waals surface area contributed by atoms with Crippen LogP contribution in [-0.2, 0) is 14.4 Å². The summed E-state index contributed by atoms with van der Waals surface area (Å²) in [7, 11) is 0. The number of Topliss-reactive ketones (excluding diaryl/α,β-unsaturated/α-hetero) is 1. The van der Waals surface area contributed by atoms with Gasteiger partial charge in [0.25, 0.3) is 5.91 Å². The summed E-state index contributed by atoms with van der Waals surface area (Å²) < 4.78 is 0. The molecule has 0 saturated heterocycles. The van der Waals surface area contributed by atoms with Gasteiger partial charge >= 0.3 is 0 Å². The quantitative estimate of drug-likeness (QED) is 0.186. The number of carbonyl (C=O) groups excluding carboxylic acids is 3. The maximum atomic E-state index is 14.8. The van der Waals surface area contributed by atoms with Crippen molar-refractivity contribution in [3.63, 3.8) is 0 Å². The van der Waals surface area contributed by atoms with Crippen LogP contribution in [0.2, 0.25) is 0 Å². The Morgan fingerprint density at radius 3 is 1.92 bits per heavy atom. The van der Waals surface area contributed by atoms with E-state index < -0.39 is 0 Å². The number of carbonyl (C=O) groups is 3. The third-order valence-corrected chi connectivity index (χ3v) is 13.9. The first kappa shape index (κ1) is 37.9. The first-order valence-electron chi connectivity index (χ1n) is 21.7. The number of anilines is 2. The molecule has 2 N–H and O–H groups in total. The second kappa shape index (κ2) is 17.4. The third-order valence-electron chi connectivity index (χ3n) is 13.9. The highest BCUT2D eigenvalue weighted by Gasteiger charge is 2.48. The molecule has 1 aromatic carbocycles. The van der Waals surface area contributed by atoms with Gasteiger partial charge in [-0.1, -0.05) is 89.9 Å². The van der Waals surface area contributed by atoms with E-state index in [4.69, 9.17) is 5.10 Å². The highest BCUT2D eigenvalue weighted by atomic mass is 16.3. The molecule has 1 heterocycles. The molecule has 8 heteroatoms. The lowest BCUT2D eigenvalue weighted by atomic mass is 9.73. The molecule has 0 spiro atoms. The number of benzene rings is 1. The van der Waals surface area contributed by atoms with E-state index >= 15 is 0 Å². The summed E-state index contributed by atoms with van der Waals surface area (Å²) in [6, 6.07) is 5.79. The molecule has 0 unspecified atom stereocenters. The molecule has 5 aliphatic carbocycles. The van der Waals surface area contributed by atoms with E-state index in [0.717, 1.165) is 57.3 Å². The molecule has 0 atom stereocenters. The van der Waals surface area contributed by atoms with Crippen LogP contribution < -0.4 is 10.2 Å². The maximum Gasteiger partial charge on any atom is 0.277 e. The fourth-order valence-corrected chi connectivity index (χ4v) is 10.8. The van der Waals surface area contributed by atoms with Gasteiger partial charge in [-0.05, 0) is 101 Å². The van der Waals surface area contributed by atoms with Crippen LogP contribution in [0.5, 0.6) is 0 Å². The van der Waals surface area contributed by atoms with Crippen molar-refractivity contribution in [2.24, 2.45) is 28.8 Å². The summed E-state index contributed by atoms with van der Waals surface area (Å²) >= 11 is 0. The Labute approximate surface area is 317 Å². The van der Waals surface area contributed by atoms with E-state index in [2.05, 4.69) is 24.1 Å².